The molecular weight excluding hydrogens is 300 g/mol. The highest BCUT2D eigenvalue weighted by Gasteiger charge is 2.28. The number of piperidine rings is 1. The summed E-state index contributed by atoms with van der Waals surface area (Å²) in [4.78, 5) is 16.8. The maximum atomic E-state index is 12.6. The average Bonchev–Trinajstić information content (AvgIpc) is 2.98. The number of aromatic nitrogens is 3. The molecule has 0 aromatic carbocycles. The van der Waals surface area contributed by atoms with Gasteiger partial charge in [0.25, 0.3) is 5.91 Å². The van der Waals surface area contributed by atoms with Gasteiger partial charge in [0.2, 0.25) is 0 Å². The third kappa shape index (κ3) is 3.73. The summed E-state index contributed by atoms with van der Waals surface area (Å²) in [6.07, 6.45) is 8.50. The van der Waals surface area contributed by atoms with E-state index in [1.165, 1.54) is 0 Å². The fraction of sp³-hybridized carbons (Fsp3) is 0.526. The van der Waals surface area contributed by atoms with Crippen molar-refractivity contribution in [2.24, 2.45) is 5.41 Å². The quantitative estimate of drug-likeness (QED) is 0.942. The largest absolute Gasteiger partial charge is 0.317 e. The molecule has 2 aromatic rings. The van der Waals surface area contributed by atoms with Crippen LogP contribution in [0.2, 0.25) is 0 Å². The number of carbonyl (C=O) groups excluding carboxylic acids is 1. The first-order valence-corrected chi connectivity index (χ1v) is 8.68. The second kappa shape index (κ2) is 6.85. The Hall–Kier alpha value is -2.01. The lowest BCUT2D eigenvalue weighted by molar-refractivity contribution is 0.0748. The number of carbonyl (C=O) groups is 1. The van der Waals surface area contributed by atoms with Gasteiger partial charge in [-0.2, -0.15) is 5.10 Å². The van der Waals surface area contributed by atoms with E-state index in [1.54, 1.807) is 10.9 Å². The number of pyridine rings is 1. The number of rotatable bonds is 3. The molecule has 5 nitrogen and oxygen atoms in total. The summed E-state index contributed by atoms with van der Waals surface area (Å²) in [5, 5.41) is 8.11. The van der Waals surface area contributed by atoms with Gasteiger partial charge < -0.3 is 5.32 Å². The van der Waals surface area contributed by atoms with Crippen molar-refractivity contribution in [2.45, 2.75) is 46.0 Å². The molecule has 0 bridgehead atoms. The van der Waals surface area contributed by atoms with Crippen molar-refractivity contribution in [2.75, 3.05) is 13.1 Å². The molecule has 3 heterocycles. The van der Waals surface area contributed by atoms with Gasteiger partial charge in [-0.3, -0.25) is 9.78 Å². The maximum absolute atomic E-state index is 12.6. The molecule has 0 unspecified atom stereocenters. The first-order chi connectivity index (χ1) is 11.4. The lowest BCUT2D eigenvalue weighted by Gasteiger charge is -2.22. The second-order valence-electron chi connectivity index (χ2n) is 7.60. The van der Waals surface area contributed by atoms with E-state index in [0.717, 1.165) is 49.2 Å². The molecule has 0 atom stereocenters. The Labute approximate surface area is 143 Å². The molecule has 2 aromatic heterocycles. The van der Waals surface area contributed by atoms with Gasteiger partial charge in [0.1, 0.15) is 0 Å². The van der Waals surface area contributed by atoms with Crippen LogP contribution in [0.25, 0.3) is 0 Å². The van der Waals surface area contributed by atoms with Crippen molar-refractivity contribution in [1.82, 2.24) is 20.1 Å². The predicted molar refractivity (Wildman–Crippen MR) is 94.2 cm³/mol. The van der Waals surface area contributed by atoms with Gasteiger partial charge in [-0.25, -0.2) is 4.68 Å². The van der Waals surface area contributed by atoms with E-state index in [9.17, 15) is 4.79 Å². The molecular formula is C19H26N4O. The fourth-order valence-electron chi connectivity index (χ4n) is 3.17. The van der Waals surface area contributed by atoms with E-state index in [1.807, 2.05) is 39.2 Å². The van der Waals surface area contributed by atoms with E-state index >= 15 is 0 Å². The highest BCUT2D eigenvalue weighted by molar-refractivity contribution is 5.83. The molecule has 0 amide bonds. The molecule has 1 N–H and O–H groups in total. The van der Waals surface area contributed by atoms with Gasteiger partial charge >= 0.3 is 0 Å². The molecule has 0 saturated carbocycles. The first kappa shape index (κ1) is 16.8. The monoisotopic (exact) mass is 326 g/mol. The Morgan fingerprint density at radius 3 is 2.71 bits per heavy atom. The van der Waals surface area contributed by atoms with Crippen molar-refractivity contribution in [3.05, 3.63) is 47.5 Å². The van der Waals surface area contributed by atoms with E-state index < -0.39 is 5.41 Å². The number of nitrogens with zero attached hydrogens (tertiary/aromatic N) is 3. The molecule has 24 heavy (non-hydrogen) atoms. The van der Waals surface area contributed by atoms with Crippen molar-refractivity contribution in [3.63, 3.8) is 0 Å². The standard InChI is InChI=1S/C19H26N4O/c1-19(2,3)18(24)23-13-16(11-14-5-4-8-21-12-14)17(22-23)15-6-9-20-10-7-15/h4-5,8,12-13,15,20H,6-7,9-11H2,1-3H3. The van der Waals surface area contributed by atoms with Gasteiger partial charge in [0.15, 0.2) is 0 Å². The molecule has 1 fully saturated rings. The summed E-state index contributed by atoms with van der Waals surface area (Å²) >= 11 is 0. The van der Waals surface area contributed by atoms with Gasteiger partial charge in [-0.1, -0.05) is 26.8 Å². The number of hydrogen-bond donors (Lipinski definition) is 1. The second-order valence-corrected chi connectivity index (χ2v) is 7.60. The van der Waals surface area contributed by atoms with Crippen LogP contribution in [0.1, 0.15) is 61.1 Å². The zero-order chi connectivity index (χ0) is 17.2. The molecule has 0 aliphatic carbocycles. The van der Waals surface area contributed by atoms with Crippen LogP contribution in [-0.2, 0) is 6.42 Å². The van der Waals surface area contributed by atoms with Crippen LogP contribution < -0.4 is 5.32 Å². The Morgan fingerprint density at radius 2 is 2.08 bits per heavy atom. The normalized spacial score (nSPS) is 16.3. The third-order valence-electron chi connectivity index (χ3n) is 4.52. The minimum absolute atomic E-state index is 0.0371. The molecule has 128 valence electrons. The smallest absolute Gasteiger partial charge is 0.252 e. The molecule has 0 radical (unpaired) electrons. The SMILES string of the molecule is CC(C)(C)C(=O)n1cc(Cc2cccnc2)c(C2CCNCC2)n1. The zero-order valence-electron chi connectivity index (χ0n) is 14.7. The summed E-state index contributed by atoms with van der Waals surface area (Å²) in [6.45, 7) is 7.82. The predicted octanol–water partition coefficient (Wildman–Crippen LogP) is 3.02. The van der Waals surface area contributed by atoms with Gasteiger partial charge in [0.05, 0.1) is 5.69 Å². The minimum atomic E-state index is -0.441. The van der Waals surface area contributed by atoms with E-state index in [4.69, 9.17) is 5.10 Å². The zero-order valence-corrected chi connectivity index (χ0v) is 14.7. The van der Waals surface area contributed by atoms with Crippen molar-refractivity contribution in [1.29, 1.82) is 0 Å². The summed E-state index contributed by atoms with van der Waals surface area (Å²) in [5.41, 5.74) is 2.93. The molecule has 0 spiro atoms. The van der Waals surface area contributed by atoms with Crippen LogP contribution in [0, 0.1) is 5.41 Å². The summed E-state index contributed by atoms with van der Waals surface area (Å²) in [5.74, 6) is 0.460. The molecule has 1 saturated heterocycles. The first-order valence-electron chi connectivity index (χ1n) is 8.68. The highest BCUT2D eigenvalue weighted by atomic mass is 16.2. The van der Waals surface area contributed by atoms with Crippen molar-refractivity contribution in [3.8, 4) is 0 Å². The lowest BCUT2D eigenvalue weighted by atomic mass is 9.91. The lowest BCUT2D eigenvalue weighted by Crippen LogP contribution is -2.29. The van der Waals surface area contributed by atoms with Crippen LogP contribution in [0.15, 0.2) is 30.7 Å². The van der Waals surface area contributed by atoms with E-state index in [2.05, 4.69) is 16.4 Å². The number of hydrogen-bond acceptors (Lipinski definition) is 4. The Morgan fingerprint density at radius 1 is 1.33 bits per heavy atom. The fourth-order valence-corrected chi connectivity index (χ4v) is 3.17. The van der Waals surface area contributed by atoms with Gasteiger partial charge in [-0.15, -0.1) is 0 Å². The van der Waals surface area contributed by atoms with E-state index in [0.29, 0.717) is 5.92 Å². The summed E-state index contributed by atoms with van der Waals surface area (Å²) in [7, 11) is 0. The van der Waals surface area contributed by atoms with Crippen molar-refractivity contribution >= 4 is 5.91 Å². The van der Waals surface area contributed by atoms with Crippen molar-refractivity contribution < 1.29 is 4.79 Å². The molecule has 1 aliphatic heterocycles. The van der Waals surface area contributed by atoms with Crippen LogP contribution >= 0.6 is 0 Å². The summed E-state index contributed by atoms with van der Waals surface area (Å²) < 4.78 is 1.56. The van der Waals surface area contributed by atoms with Crippen LogP contribution in [0.3, 0.4) is 0 Å². The van der Waals surface area contributed by atoms with E-state index in [-0.39, 0.29) is 5.91 Å². The molecule has 3 rings (SSSR count). The average molecular weight is 326 g/mol. The third-order valence-corrected chi connectivity index (χ3v) is 4.52. The Kier molecular flexibility index (Phi) is 4.81. The van der Waals surface area contributed by atoms with Crippen LogP contribution in [0.5, 0.6) is 0 Å². The number of nitrogens with one attached hydrogen (secondary N) is 1. The van der Waals surface area contributed by atoms with Crippen LogP contribution in [-0.4, -0.2) is 33.8 Å². The minimum Gasteiger partial charge on any atom is -0.317 e. The van der Waals surface area contributed by atoms with Gasteiger partial charge in [0, 0.05) is 36.3 Å². The Balaban J connectivity index is 1.94. The summed E-state index contributed by atoms with van der Waals surface area (Å²) in [6, 6.07) is 4.02. The molecule has 1 aliphatic rings. The topological polar surface area (TPSA) is 59.8 Å². The Bertz CT molecular complexity index is 694. The highest BCUT2D eigenvalue weighted by Crippen LogP contribution is 2.29. The van der Waals surface area contributed by atoms with Gasteiger partial charge in [-0.05, 0) is 43.1 Å². The van der Waals surface area contributed by atoms with Crippen LogP contribution in [0.4, 0.5) is 0 Å². The molecule has 5 heteroatoms. The maximum Gasteiger partial charge on any atom is 0.252 e.